The van der Waals surface area contributed by atoms with Crippen molar-refractivity contribution in [3.05, 3.63) is 41.2 Å². The molecule has 2 aromatic rings. The van der Waals surface area contributed by atoms with Crippen LogP contribution in [0, 0.1) is 6.92 Å². The van der Waals surface area contributed by atoms with Crippen LogP contribution in [0.1, 0.15) is 16.8 Å². The Labute approximate surface area is 101 Å². The molecule has 0 fully saturated rings. The predicted octanol–water partition coefficient (Wildman–Crippen LogP) is 1.92. The lowest BCUT2D eigenvalue weighted by molar-refractivity contribution is 0.414. The van der Waals surface area contributed by atoms with E-state index >= 15 is 0 Å². The third kappa shape index (κ3) is 2.84. The summed E-state index contributed by atoms with van der Waals surface area (Å²) in [5, 5.41) is 8.01. The lowest BCUT2D eigenvalue weighted by Crippen LogP contribution is -1.95. The Bertz CT molecular complexity index is 505. The van der Waals surface area contributed by atoms with Gasteiger partial charge in [-0.3, -0.25) is 4.68 Å². The molecule has 90 valence electrons. The van der Waals surface area contributed by atoms with E-state index in [0.717, 1.165) is 24.3 Å². The normalized spacial score (nSPS) is 10.5. The Kier molecular flexibility index (Phi) is 3.42. The molecule has 4 heteroatoms. The molecule has 0 saturated heterocycles. The molecular formula is C13H17N3O. The second kappa shape index (κ2) is 4.99. The molecule has 1 aromatic heterocycles. The lowest BCUT2D eigenvalue weighted by atomic mass is 10.0. The number of nitrogens with zero attached hydrogens (tertiary/aromatic N) is 3. The highest BCUT2D eigenvalue weighted by Crippen LogP contribution is 2.18. The zero-order chi connectivity index (χ0) is 12.3. The number of hydrogen-bond donors (Lipinski definition) is 0. The molecular weight excluding hydrogens is 214 g/mol. The van der Waals surface area contributed by atoms with Crippen molar-refractivity contribution in [2.24, 2.45) is 7.05 Å². The van der Waals surface area contributed by atoms with Crippen molar-refractivity contribution in [2.45, 2.75) is 19.8 Å². The second-order valence-corrected chi connectivity index (χ2v) is 4.18. The van der Waals surface area contributed by atoms with Gasteiger partial charge in [0.2, 0.25) is 0 Å². The van der Waals surface area contributed by atoms with Gasteiger partial charge >= 0.3 is 0 Å². The van der Waals surface area contributed by atoms with Gasteiger partial charge in [-0.1, -0.05) is 11.3 Å². The number of benzene rings is 1. The van der Waals surface area contributed by atoms with Crippen LogP contribution in [-0.4, -0.2) is 22.1 Å². The largest absolute Gasteiger partial charge is 0.497 e. The van der Waals surface area contributed by atoms with Gasteiger partial charge in [0.05, 0.1) is 12.8 Å². The van der Waals surface area contributed by atoms with Gasteiger partial charge in [0.15, 0.2) is 0 Å². The Balaban J connectivity index is 2.04. The van der Waals surface area contributed by atoms with Gasteiger partial charge in [0.25, 0.3) is 0 Å². The smallest absolute Gasteiger partial charge is 0.119 e. The van der Waals surface area contributed by atoms with Gasteiger partial charge in [-0.2, -0.15) is 0 Å². The van der Waals surface area contributed by atoms with E-state index in [0.29, 0.717) is 0 Å². The minimum absolute atomic E-state index is 0.908. The first-order chi connectivity index (χ1) is 8.19. The number of ether oxygens (including phenoxy) is 1. The molecule has 0 aliphatic rings. The third-order valence-electron chi connectivity index (χ3n) is 2.85. The molecule has 4 nitrogen and oxygen atoms in total. The van der Waals surface area contributed by atoms with Gasteiger partial charge in [0.1, 0.15) is 5.75 Å². The van der Waals surface area contributed by atoms with Gasteiger partial charge in [-0.05, 0) is 43.0 Å². The van der Waals surface area contributed by atoms with Crippen LogP contribution in [0.15, 0.2) is 24.4 Å². The summed E-state index contributed by atoms with van der Waals surface area (Å²) >= 11 is 0. The fraction of sp³-hybridized carbons (Fsp3) is 0.385. The van der Waals surface area contributed by atoms with Crippen LogP contribution in [0.4, 0.5) is 0 Å². The molecule has 2 rings (SSSR count). The van der Waals surface area contributed by atoms with Crippen molar-refractivity contribution in [1.82, 2.24) is 15.0 Å². The van der Waals surface area contributed by atoms with E-state index in [9.17, 15) is 0 Å². The van der Waals surface area contributed by atoms with Crippen molar-refractivity contribution in [3.8, 4) is 5.75 Å². The van der Waals surface area contributed by atoms with Crippen molar-refractivity contribution >= 4 is 0 Å². The van der Waals surface area contributed by atoms with E-state index in [1.807, 2.05) is 19.3 Å². The third-order valence-corrected chi connectivity index (χ3v) is 2.85. The van der Waals surface area contributed by atoms with Crippen molar-refractivity contribution in [1.29, 1.82) is 0 Å². The van der Waals surface area contributed by atoms with Crippen molar-refractivity contribution in [3.63, 3.8) is 0 Å². The molecule has 0 aliphatic carbocycles. The molecule has 0 amide bonds. The SMILES string of the molecule is COc1ccc(CCc2cn(C)nn2)c(C)c1. The molecule has 0 spiro atoms. The maximum Gasteiger partial charge on any atom is 0.119 e. The molecule has 0 unspecified atom stereocenters. The van der Waals surface area contributed by atoms with Gasteiger partial charge in [0, 0.05) is 13.2 Å². The van der Waals surface area contributed by atoms with E-state index in [4.69, 9.17) is 4.74 Å². The van der Waals surface area contributed by atoms with Crippen LogP contribution in [0.5, 0.6) is 5.75 Å². The molecule has 0 saturated carbocycles. The Morgan fingerprint density at radius 1 is 1.29 bits per heavy atom. The summed E-state index contributed by atoms with van der Waals surface area (Å²) in [6, 6.07) is 6.18. The fourth-order valence-electron chi connectivity index (χ4n) is 1.85. The highest BCUT2D eigenvalue weighted by molar-refractivity contribution is 5.35. The van der Waals surface area contributed by atoms with E-state index in [2.05, 4.69) is 29.4 Å². The van der Waals surface area contributed by atoms with E-state index in [1.165, 1.54) is 11.1 Å². The number of rotatable bonds is 4. The Morgan fingerprint density at radius 3 is 2.71 bits per heavy atom. The Hall–Kier alpha value is -1.84. The van der Waals surface area contributed by atoms with Crippen LogP contribution >= 0.6 is 0 Å². The highest BCUT2D eigenvalue weighted by atomic mass is 16.5. The molecule has 0 N–H and O–H groups in total. The predicted molar refractivity (Wildman–Crippen MR) is 66.1 cm³/mol. The summed E-state index contributed by atoms with van der Waals surface area (Å²) in [6.07, 6.45) is 3.86. The van der Waals surface area contributed by atoms with Crippen LogP contribution < -0.4 is 4.74 Å². The molecule has 17 heavy (non-hydrogen) atoms. The fourth-order valence-corrected chi connectivity index (χ4v) is 1.85. The number of aromatic nitrogens is 3. The maximum atomic E-state index is 5.19. The van der Waals surface area contributed by atoms with Gasteiger partial charge in [-0.15, -0.1) is 5.10 Å². The average molecular weight is 231 g/mol. The quantitative estimate of drug-likeness (QED) is 0.807. The monoisotopic (exact) mass is 231 g/mol. The molecule has 1 aromatic carbocycles. The van der Waals surface area contributed by atoms with Gasteiger partial charge < -0.3 is 4.74 Å². The first-order valence-corrected chi connectivity index (χ1v) is 5.68. The van der Waals surface area contributed by atoms with E-state index < -0.39 is 0 Å². The number of hydrogen-bond acceptors (Lipinski definition) is 3. The summed E-state index contributed by atoms with van der Waals surface area (Å²) in [5.41, 5.74) is 3.62. The van der Waals surface area contributed by atoms with Gasteiger partial charge in [-0.25, -0.2) is 0 Å². The standard InChI is InChI=1S/C13H17N3O/c1-10-8-13(17-3)7-5-11(10)4-6-12-9-16(2)15-14-12/h5,7-9H,4,6H2,1-3H3. The minimum Gasteiger partial charge on any atom is -0.497 e. The first kappa shape index (κ1) is 11.6. The maximum absolute atomic E-state index is 5.19. The molecule has 0 atom stereocenters. The average Bonchev–Trinajstić information content (AvgIpc) is 2.73. The zero-order valence-corrected chi connectivity index (χ0v) is 10.5. The second-order valence-electron chi connectivity index (χ2n) is 4.18. The van der Waals surface area contributed by atoms with Crippen LogP contribution in [-0.2, 0) is 19.9 Å². The van der Waals surface area contributed by atoms with Crippen LogP contribution in [0.3, 0.4) is 0 Å². The summed E-state index contributed by atoms with van der Waals surface area (Å²) in [4.78, 5) is 0. The summed E-state index contributed by atoms with van der Waals surface area (Å²) in [5.74, 6) is 0.908. The summed E-state index contributed by atoms with van der Waals surface area (Å²) in [6.45, 7) is 2.11. The first-order valence-electron chi connectivity index (χ1n) is 5.68. The van der Waals surface area contributed by atoms with E-state index in [-0.39, 0.29) is 0 Å². The van der Waals surface area contributed by atoms with Crippen LogP contribution in [0.25, 0.3) is 0 Å². The molecule has 0 aliphatic heterocycles. The number of aryl methyl sites for hydroxylation is 4. The summed E-state index contributed by atoms with van der Waals surface area (Å²) in [7, 11) is 3.57. The minimum atomic E-state index is 0.908. The van der Waals surface area contributed by atoms with Crippen molar-refractivity contribution < 1.29 is 4.74 Å². The lowest BCUT2D eigenvalue weighted by Gasteiger charge is -2.06. The molecule has 1 heterocycles. The topological polar surface area (TPSA) is 39.9 Å². The number of methoxy groups -OCH3 is 1. The molecule has 0 bridgehead atoms. The molecule has 0 radical (unpaired) electrons. The summed E-state index contributed by atoms with van der Waals surface area (Å²) < 4.78 is 6.92. The van der Waals surface area contributed by atoms with E-state index in [1.54, 1.807) is 11.8 Å². The zero-order valence-electron chi connectivity index (χ0n) is 10.5. The van der Waals surface area contributed by atoms with Crippen molar-refractivity contribution in [2.75, 3.05) is 7.11 Å². The highest BCUT2D eigenvalue weighted by Gasteiger charge is 2.03. The van der Waals surface area contributed by atoms with Crippen LogP contribution in [0.2, 0.25) is 0 Å². The Morgan fingerprint density at radius 2 is 2.12 bits per heavy atom.